The van der Waals surface area contributed by atoms with Gasteiger partial charge in [0.15, 0.2) is 0 Å². The van der Waals surface area contributed by atoms with Crippen LogP contribution in [0.15, 0.2) is 12.3 Å². The number of nitrogens with zero attached hydrogens (tertiary/aromatic N) is 1. The van der Waals surface area contributed by atoms with Crippen molar-refractivity contribution in [2.75, 3.05) is 17.6 Å². The molecule has 0 aromatic carbocycles. The number of carbonyl (C=O) groups is 1. The van der Waals surface area contributed by atoms with Gasteiger partial charge in [0.05, 0.1) is 23.5 Å². The van der Waals surface area contributed by atoms with Gasteiger partial charge in [0, 0.05) is 6.04 Å². The Labute approximate surface area is 99.4 Å². The molecule has 1 amide bonds. The number of nitrogens with two attached hydrogens (primary N) is 1. The minimum absolute atomic E-state index is 0.107. The molecule has 4 N–H and O–H groups in total. The molecule has 5 nitrogen and oxygen atoms in total. The number of pyridine rings is 1. The fraction of sp³-hybridized carbons (Fsp3) is 0.400. The van der Waals surface area contributed by atoms with E-state index in [1.807, 2.05) is 13.8 Å². The predicted molar refractivity (Wildman–Crippen MR) is 65.4 cm³/mol. The van der Waals surface area contributed by atoms with Gasteiger partial charge in [-0.15, -0.1) is 0 Å². The number of carbonyl (C=O) groups excluding carboxylic acids is 1. The highest BCUT2D eigenvalue weighted by Gasteiger charge is 2.06. The first-order chi connectivity index (χ1) is 7.49. The van der Waals surface area contributed by atoms with Crippen LogP contribution in [0.4, 0.5) is 11.5 Å². The molecule has 0 spiro atoms. The van der Waals surface area contributed by atoms with Crippen molar-refractivity contribution in [3.8, 4) is 0 Å². The second kappa shape index (κ2) is 5.55. The van der Waals surface area contributed by atoms with Gasteiger partial charge < -0.3 is 16.4 Å². The third-order valence-electron chi connectivity index (χ3n) is 1.73. The van der Waals surface area contributed by atoms with Crippen LogP contribution >= 0.6 is 11.6 Å². The lowest BCUT2D eigenvalue weighted by Crippen LogP contribution is -2.35. The molecule has 0 saturated heterocycles. The highest BCUT2D eigenvalue weighted by atomic mass is 35.5. The summed E-state index contributed by atoms with van der Waals surface area (Å²) >= 11 is 5.88. The maximum absolute atomic E-state index is 11.3. The van der Waals surface area contributed by atoms with Crippen molar-refractivity contribution >= 4 is 29.0 Å². The molecule has 0 radical (unpaired) electrons. The third kappa shape index (κ3) is 3.94. The molecular weight excluding hydrogens is 228 g/mol. The Morgan fingerprint density at radius 2 is 2.31 bits per heavy atom. The minimum atomic E-state index is -0.107. The zero-order valence-corrected chi connectivity index (χ0v) is 10.0. The number of amides is 1. The number of hydrogen-bond acceptors (Lipinski definition) is 4. The lowest BCUT2D eigenvalue weighted by atomic mass is 10.4. The van der Waals surface area contributed by atoms with Gasteiger partial charge in [0.2, 0.25) is 5.91 Å². The summed E-state index contributed by atoms with van der Waals surface area (Å²) in [5, 5.41) is 5.98. The largest absolute Gasteiger partial charge is 0.397 e. The molecule has 6 heteroatoms. The van der Waals surface area contributed by atoms with Crippen LogP contribution in [0, 0.1) is 0 Å². The van der Waals surface area contributed by atoms with E-state index < -0.39 is 0 Å². The van der Waals surface area contributed by atoms with Crippen molar-refractivity contribution in [3.63, 3.8) is 0 Å². The molecular formula is C10H15ClN4O. The van der Waals surface area contributed by atoms with E-state index in [0.29, 0.717) is 16.5 Å². The molecule has 0 saturated carbocycles. The van der Waals surface area contributed by atoms with Gasteiger partial charge in [0.25, 0.3) is 0 Å². The molecule has 1 aromatic rings. The van der Waals surface area contributed by atoms with E-state index in [2.05, 4.69) is 15.6 Å². The van der Waals surface area contributed by atoms with Crippen molar-refractivity contribution in [1.29, 1.82) is 0 Å². The van der Waals surface area contributed by atoms with Gasteiger partial charge >= 0.3 is 0 Å². The molecule has 88 valence electrons. The van der Waals surface area contributed by atoms with Crippen molar-refractivity contribution in [2.45, 2.75) is 19.9 Å². The Bertz CT molecular complexity index is 381. The Kier molecular flexibility index (Phi) is 4.37. The second-order valence-corrected chi connectivity index (χ2v) is 4.08. The standard InChI is InChI=1S/C10H15ClN4O/c1-6(2)15-9(16)5-14-10-8(11)3-7(12)4-13-10/h3-4,6H,5,12H2,1-2H3,(H,13,14)(H,15,16). The van der Waals surface area contributed by atoms with Crippen LogP contribution in [-0.2, 0) is 4.79 Å². The summed E-state index contributed by atoms with van der Waals surface area (Å²) in [5.74, 6) is 0.347. The molecule has 1 aromatic heterocycles. The first-order valence-corrected chi connectivity index (χ1v) is 5.31. The summed E-state index contributed by atoms with van der Waals surface area (Å²) in [6.07, 6.45) is 1.48. The second-order valence-electron chi connectivity index (χ2n) is 3.67. The fourth-order valence-electron chi connectivity index (χ4n) is 1.12. The Balaban J connectivity index is 2.51. The highest BCUT2D eigenvalue weighted by Crippen LogP contribution is 2.20. The van der Waals surface area contributed by atoms with Crippen molar-refractivity contribution < 1.29 is 4.79 Å². The van der Waals surface area contributed by atoms with Gasteiger partial charge in [-0.25, -0.2) is 4.98 Å². The first-order valence-electron chi connectivity index (χ1n) is 4.93. The van der Waals surface area contributed by atoms with Gasteiger partial charge in [-0.1, -0.05) is 11.6 Å². The lowest BCUT2D eigenvalue weighted by Gasteiger charge is -2.10. The van der Waals surface area contributed by atoms with Crippen molar-refractivity contribution in [3.05, 3.63) is 17.3 Å². The predicted octanol–water partition coefficient (Wildman–Crippen LogP) is 1.25. The van der Waals surface area contributed by atoms with E-state index in [9.17, 15) is 4.79 Å². The number of nitrogen functional groups attached to an aromatic ring is 1. The van der Waals surface area contributed by atoms with Crippen LogP contribution < -0.4 is 16.4 Å². The number of halogens is 1. The summed E-state index contributed by atoms with van der Waals surface area (Å²) < 4.78 is 0. The molecule has 0 unspecified atom stereocenters. The number of nitrogens with one attached hydrogen (secondary N) is 2. The Hall–Kier alpha value is -1.49. The average molecular weight is 243 g/mol. The summed E-state index contributed by atoms with van der Waals surface area (Å²) in [6, 6.07) is 1.70. The van der Waals surface area contributed by atoms with E-state index in [0.717, 1.165) is 0 Å². The molecule has 0 atom stereocenters. The number of hydrogen-bond donors (Lipinski definition) is 3. The van der Waals surface area contributed by atoms with E-state index >= 15 is 0 Å². The Morgan fingerprint density at radius 3 is 2.88 bits per heavy atom. The van der Waals surface area contributed by atoms with Gasteiger partial charge in [-0.05, 0) is 19.9 Å². The maximum Gasteiger partial charge on any atom is 0.239 e. The number of anilines is 2. The van der Waals surface area contributed by atoms with E-state index in [4.69, 9.17) is 17.3 Å². The van der Waals surface area contributed by atoms with Crippen LogP contribution in [0.5, 0.6) is 0 Å². The SMILES string of the molecule is CC(C)NC(=O)CNc1ncc(N)cc1Cl. The van der Waals surface area contributed by atoms with Crippen LogP contribution in [0.25, 0.3) is 0 Å². The average Bonchev–Trinajstić information content (AvgIpc) is 2.15. The topological polar surface area (TPSA) is 80.0 Å². The van der Waals surface area contributed by atoms with E-state index in [1.165, 1.54) is 6.20 Å². The highest BCUT2D eigenvalue weighted by molar-refractivity contribution is 6.33. The van der Waals surface area contributed by atoms with Crippen LogP contribution in [0.3, 0.4) is 0 Å². The fourth-order valence-corrected chi connectivity index (χ4v) is 1.36. The van der Waals surface area contributed by atoms with Crippen LogP contribution in [-0.4, -0.2) is 23.5 Å². The molecule has 0 aliphatic rings. The normalized spacial score (nSPS) is 10.2. The van der Waals surface area contributed by atoms with Gasteiger partial charge in [0.1, 0.15) is 5.82 Å². The number of aromatic nitrogens is 1. The van der Waals surface area contributed by atoms with Crippen LogP contribution in [0.2, 0.25) is 5.02 Å². The summed E-state index contributed by atoms with van der Waals surface area (Å²) in [6.45, 7) is 3.92. The molecule has 0 bridgehead atoms. The number of rotatable bonds is 4. The van der Waals surface area contributed by atoms with E-state index in [-0.39, 0.29) is 18.5 Å². The lowest BCUT2D eigenvalue weighted by molar-refractivity contribution is -0.119. The molecule has 1 heterocycles. The zero-order valence-electron chi connectivity index (χ0n) is 9.25. The van der Waals surface area contributed by atoms with Gasteiger partial charge in [-0.3, -0.25) is 4.79 Å². The monoisotopic (exact) mass is 242 g/mol. The van der Waals surface area contributed by atoms with Crippen molar-refractivity contribution in [1.82, 2.24) is 10.3 Å². The summed E-state index contributed by atoms with van der Waals surface area (Å²) in [5.41, 5.74) is 5.98. The molecule has 1 rings (SSSR count). The molecule has 0 aliphatic heterocycles. The summed E-state index contributed by atoms with van der Waals surface area (Å²) in [7, 11) is 0. The zero-order chi connectivity index (χ0) is 12.1. The van der Waals surface area contributed by atoms with E-state index in [1.54, 1.807) is 6.07 Å². The third-order valence-corrected chi connectivity index (χ3v) is 2.02. The quantitative estimate of drug-likeness (QED) is 0.743. The minimum Gasteiger partial charge on any atom is -0.397 e. The molecule has 0 aliphatic carbocycles. The smallest absolute Gasteiger partial charge is 0.239 e. The molecule has 0 fully saturated rings. The summed E-state index contributed by atoms with van der Waals surface area (Å²) in [4.78, 5) is 15.3. The van der Waals surface area contributed by atoms with Crippen molar-refractivity contribution in [2.24, 2.45) is 0 Å². The van der Waals surface area contributed by atoms with Gasteiger partial charge in [-0.2, -0.15) is 0 Å². The Morgan fingerprint density at radius 1 is 1.62 bits per heavy atom. The maximum atomic E-state index is 11.3. The molecule has 16 heavy (non-hydrogen) atoms. The van der Waals surface area contributed by atoms with Crippen LogP contribution in [0.1, 0.15) is 13.8 Å². The first kappa shape index (κ1) is 12.6.